The third-order valence-corrected chi connectivity index (χ3v) is 3.06. The van der Waals surface area contributed by atoms with E-state index in [0.29, 0.717) is 6.04 Å². The van der Waals surface area contributed by atoms with Crippen molar-refractivity contribution < 1.29 is 9.90 Å². The van der Waals surface area contributed by atoms with Crippen LogP contribution >= 0.6 is 0 Å². The van der Waals surface area contributed by atoms with E-state index in [4.69, 9.17) is 5.11 Å². The molecule has 0 bridgehead atoms. The summed E-state index contributed by atoms with van der Waals surface area (Å²) in [6, 6.07) is 1.29. The van der Waals surface area contributed by atoms with Crippen molar-refractivity contribution in [3.8, 4) is 0 Å². The van der Waals surface area contributed by atoms with E-state index in [0.717, 1.165) is 12.6 Å². The van der Waals surface area contributed by atoms with Crippen LogP contribution in [0.15, 0.2) is 0 Å². The van der Waals surface area contributed by atoms with E-state index in [2.05, 4.69) is 24.2 Å². The maximum absolute atomic E-state index is 10.5. The lowest BCUT2D eigenvalue weighted by Gasteiger charge is -2.26. The Bertz CT molecular complexity index is 217. The highest BCUT2D eigenvalue weighted by Gasteiger charge is 2.28. The Labute approximate surface area is 91.6 Å². The molecular weight excluding hydrogens is 192 g/mol. The first-order valence-electron chi connectivity index (χ1n) is 5.67. The van der Waals surface area contributed by atoms with Crippen molar-refractivity contribution in [2.24, 2.45) is 0 Å². The van der Waals surface area contributed by atoms with Crippen molar-refractivity contribution in [2.75, 3.05) is 13.6 Å². The van der Waals surface area contributed by atoms with Gasteiger partial charge in [0.1, 0.15) is 0 Å². The molecular formula is C11H22N2O2. The molecule has 1 rings (SSSR count). The zero-order valence-electron chi connectivity index (χ0n) is 9.86. The fraction of sp³-hybridized carbons (Fsp3) is 0.909. The summed E-state index contributed by atoms with van der Waals surface area (Å²) in [7, 11) is 2.14. The molecule has 0 aliphatic heterocycles. The largest absolute Gasteiger partial charge is 0.481 e. The summed E-state index contributed by atoms with van der Waals surface area (Å²) in [5.74, 6) is -0.738. The Morgan fingerprint density at radius 2 is 2.13 bits per heavy atom. The van der Waals surface area contributed by atoms with Crippen LogP contribution in [0, 0.1) is 0 Å². The third-order valence-electron chi connectivity index (χ3n) is 3.06. The Balaban J connectivity index is 2.14. The summed E-state index contributed by atoms with van der Waals surface area (Å²) in [5, 5.41) is 11.9. The molecule has 1 saturated carbocycles. The van der Waals surface area contributed by atoms with Gasteiger partial charge in [0, 0.05) is 24.7 Å². The average Bonchev–Trinajstić information content (AvgIpc) is 2.95. The van der Waals surface area contributed by atoms with E-state index in [9.17, 15) is 4.79 Å². The minimum atomic E-state index is -0.738. The molecule has 2 N–H and O–H groups in total. The topological polar surface area (TPSA) is 52.6 Å². The summed E-state index contributed by atoms with van der Waals surface area (Å²) in [4.78, 5) is 12.8. The fourth-order valence-corrected chi connectivity index (χ4v) is 1.69. The van der Waals surface area contributed by atoms with E-state index in [-0.39, 0.29) is 12.5 Å². The number of hydrogen-bond donors (Lipinski definition) is 2. The van der Waals surface area contributed by atoms with Crippen molar-refractivity contribution in [3.05, 3.63) is 0 Å². The number of likely N-dealkylation sites (N-methyl/N-ethyl adjacent to an activating group) is 1. The van der Waals surface area contributed by atoms with Crippen LogP contribution in [0.3, 0.4) is 0 Å². The van der Waals surface area contributed by atoms with Crippen molar-refractivity contribution in [2.45, 2.75) is 51.2 Å². The summed E-state index contributed by atoms with van der Waals surface area (Å²) >= 11 is 0. The van der Waals surface area contributed by atoms with Gasteiger partial charge in [-0.1, -0.05) is 0 Å². The van der Waals surface area contributed by atoms with Gasteiger partial charge in [-0.15, -0.1) is 0 Å². The van der Waals surface area contributed by atoms with Crippen molar-refractivity contribution in [3.63, 3.8) is 0 Å². The summed E-state index contributed by atoms with van der Waals surface area (Å²) in [6.07, 6.45) is 2.82. The maximum Gasteiger partial charge on any atom is 0.304 e. The quantitative estimate of drug-likeness (QED) is 0.662. The number of aliphatic carboxylic acids is 1. The smallest absolute Gasteiger partial charge is 0.304 e. The standard InChI is InChI=1S/C11H22N2O2/c1-8(6-11(14)15)12-7-9(2)13(3)10-4-5-10/h8-10,12H,4-7H2,1-3H3,(H,14,15). The molecule has 0 radical (unpaired) electrons. The normalized spacial score (nSPS) is 20.3. The van der Waals surface area contributed by atoms with Gasteiger partial charge in [0.2, 0.25) is 0 Å². The number of hydrogen-bond acceptors (Lipinski definition) is 3. The van der Waals surface area contributed by atoms with Gasteiger partial charge in [-0.05, 0) is 33.7 Å². The minimum absolute atomic E-state index is 0.0533. The second-order valence-electron chi connectivity index (χ2n) is 4.65. The van der Waals surface area contributed by atoms with Gasteiger partial charge in [0.05, 0.1) is 6.42 Å². The van der Waals surface area contributed by atoms with Crippen LogP contribution in [0.1, 0.15) is 33.1 Å². The maximum atomic E-state index is 10.5. The van der Waals surface area contributed by atoms with Crippen LogP contribution in [-0.2, 0) is 4.79 Å². The second-order valence-corrected chi connectivity index (χ2v) is 4.65. The molecule has 1 aliphatic carbocycles. The van der Waals surface area contributed by atoms with Crippen LogP contribution in [0.4, 0.5) is 0 Å². The molecule has 88 valence electrons. The Morgan fingerprint density at radius 1 is 1.53 bits per heavy atom. The summed E-state index contributed by atoms with van der Waals surface area (Å²) in [6.45, 7) is 4.96. The molecule has 1 aliphatic rings. The van der Waals surface area contributed by atoms with Gasteiger partial charge in [-0.3, -0.25) is 9.69 Å². The molecule has 0 aromatic carbocycles. The van der Waals surface area contributed by atoms with Crippen LogP contribution in [-0.4, -0.2) is 47.7 Å². The van der Waals surface area contributed by atoms with Gasteiger partial charge in [0.15, 0.2) is 0 Å². The molecule has 4 nitrogen and oxygen atoms in total. The molecule has 4 heteroatoms. The molecule has 1 fully saturated rings. The van der Waals surface area contributed by atoms with Gasteiger partial charge in [-0.25, -0.2) is 0 Å². The number of carbonyl (C=O) groups is 1. The number of nitrogens with zero attached hydrogens (tertiary/aromatic N) is 1. The highest BCUT2D eigenvalue weighted by Crippen LogP contribution is 2.26. The van der Waals surface area contributed by atoms with Gasteiger partial charge >= 0.3 is 5.97 Å². The van der Waals surface area contributed by atoms with Crippen LogP contribution < -0.4 is 5.32 Å². The van der Waals surface area contributed by atoms with Crippen LogP contribution in [0.2, 0.25) is 0 Å². The fourth-order valence-electron chi connectivity index (χ4n) is 1.69. The number of rotatable bonds is 7. The first-order chi connectivity index (χ1) is 7.00. The van der Waals surface area contributed by atoms with E-state index in [1.54, 1.807) is 0 Å². The molecule has 15 heavy (non-hydrogen) atoms. The third kappa shape index (κ3) is 4.62. The molecule has 0 amide bonds. The first-order valence-corrected chi connectivity index (χ1v) is 5.67. The highest BCUT2D eigenvalue weighted by molar-refractivity contribution is 5.67. The van der Waals surface area contributed by atoms with Crippen molar-refractivity contribution in [1.82, 2.24) is 10.2 Å². The van der Waals surface area contributed by atoms with Gasteiger partial charge in [-0.2, -0.15) is 0 Å². The highest BCUT2D eigenvalue weighted by atomic mass is 16.4. The lowest BCUT2D eigenvalue weighted by molar-refractivity contribution is -0.137. The van der Waals surface area contributed by atoms with E-state index < -0.39 is 5.97 Å². The molecule has 0 aromatic rings. The van der Waals surface area contributed by atoms with Gasteiger partial charge < -0.3 is 10.4 Å². The molecule has 2 unspecified atom stereocenters. The zero-order valence-corrected chi connectivity index (χ0v) is 9.86. The molecule has 2 atom stereocenters. The molecule has 0 saturated heterocycles. The summed E-state index contributed by atoms with van der Waals surface area (Å²) < 4.78 is 0. The lowest BCUT2D eigenvalue weighted by Crippen LogP contribution is -2.42. The first kappa shape index (κ1) is 12.5. The van der Waals surface area contributed by atoms with Crippen molar-refractivity contribution in [1.29, 1.82) is 0 Å². The molecule has 0 spiro atoms. The Hall–Kier alpha value is -0.610. The monoisotopic (exact) mass is 214 g/mol. The summed E-state index contributed by atoms with van der Waals surface area (Å²) in [5.41, 5.74) is 0. The predicted molar refractivity (Wildman–Crippen MR) is 60.0 cm³/mol. The molecule has 0 aromatic heterocycles. The Morgan fingerprint density at radius 3 is 2.60 bits per heavy atom. The van der Waals surface area contributed by atoms with Crippen molar-refractivity contribution >= 4 is 5.97 Å². The van der Waals surface area contributed by atoms with E-state index in [1.807, 2.05) is 6.92 Å². The van der Waals surface area contributed by atoms with E-state index in [1.165, 1.54) is 12.8 Å². The van der Waals surface area contributed by atoms with E-state index >= 15 is 0 Å². The Kier molecular flexibility index (Phi) is 4.54. The number of carboxylic acids is 1. The minimum Gasteiger partial charge on any atom is -0.481 e. The van der Waals surface area contributed by atoms with Gasteiger partial charge in [0.25, 0.3) is 0 Å². The second kappa shape index (κ2) is 5.47. The van der Waals surface area contributed by atoms with Crippen LogP contribution in [0.5, 0.6) is 0 Å². The number of nitrogens with one attached hydrogen (secondary N) is 1. The average molecular weight is 214 g/mol. The number of carboxylic acid groups (broad SMARTS) is 1. The SMILES string of the molecule is CC(CC(=O)O)NCC(C)N(C)C1CC1. The van der Waals surface area contributed by atoms with Crippen LogP contribution in [0.25, 0.3) is 0 Å². The molecule has 0 heterocycles. The predicted octanol–water partition coefficient (Wildman–Crippen LogP) is 0.922. The lowest BCUT2D eigenvalue weighted by atomic mass is 10.2. The zero-order chi connectivity index (χ0) is 11.4.